The van der Waals surface area contributed by atoms with E-state index < -0.39 is 5.96 Å². The van der Waals surface area contributed by atoms with Crippen molar-refractivity contribution >= 4 is 11.6 Å². The maximum Gasteiger partial charge on any atom is 0.182 e. The maximum absolute atomic E-state index is 10.9. The van der Waals surface area contributed by atoms with Crippen LogP contribution in [0.3, 0.4) is 0 Å². The molecule has 1 aromatic heterocycles. The highest BCUT2D eigenvalue weighted by atomic mass is 16.5. The van der Waals surface area contributed by atoms with Gasteiger partial charge >= 0.3 is 0 Å². The highest BCUT2D eigenvalue weighted by Crippen LogP contribution is 2.08. The van der Waals surface area contributed by atoms with Gasteiger partial charge in [-0.15, -0.1) is 0 Å². The Hall–Kier alpha value is -1.62. The highest BCUT2D eigenvalue weighted by molar-refractivity contribution is 5.92. The SMILES string of the molecule is N=C(N)N([O-])c1ccncc1. The van der Waals surface area contributed by atoms with Crippen molar-refractivity contribution in [3.63, 3.8) is 0 Å². The fraction of sp³-hybridized carbons (Fsp3) is 0. The third kappa shape index (κ3) is 1.65. The Kier molecular flexibility index (Phi) is 2.03. The number of pyridine rings is 1. The molecule has 0 aromatic carbocycles. The topological polar surface area (TPSA) is 89.1 Å². The Bertz CT molecular complexity index is 248. The van der Waals surface area contributed by atoms with Crippen LogP contribution in [-0.2, 0) is 0 Å². The minimum absolute atomic E-state index is 0.313. The van der Waals surface area contributed by atoms with Crippen LogP contribution < -0.4 is 10.8 Å². The first-order chi connectivity index (χ1) is 5.22. The molecule has 0 unspecified atom stereocenters. The smallest absolute Gasteiger partial charge is 0.182 e. The summed E-state index contributed by atoms with van der Waals surface area (Å²) < 4.78 is 0. The van der Waals surface area contributed by atoms with Crippen molar-refractivity contribution in [2.75, 3.05) is 5.06 Å². The van der Waals surface area contributed by atoms with E-state index in [1.165, 1.54) is 24.5 Å². The number of aromatic nitrogens is 1. The predicted molar refractivity (Wildman–Crippen MR) is 42.0 cm³/mol. The molecular weight excluding hydrogens is 144 g/mol. The summed E-state index contributed by atoms with van der Waals surface area (Å²) in [6.07, 6.45) is 2.92. The predicted octanol–water partition coefficient (Wildman–Crippen LogP) is 0.279. The molecule has 0 amide bonds. The van der Waals surface area contributed by atoms with Crippen molar-refractivity contribution in [3.05, 3.63) is 29.7 Å². The zero-order chi connectivity index (χ0) is 8.27. The number of anilines is 1. The molecule has 3 N–H and O–H groups in total. The van der Waals surface area contributed by atoms with Crippen molar-refractivity contribution in [1.82, 2.24) is 4.98 Å². The summed E-state index contributed by atoms with van der Waals surface area (Å²) in [5.41, 5.74) is 5.26. The summed E-state index contributed by atoms with van der Waals surface area (Å²) in [5.74, 6) is -0.531. The standard InChI is InChI=1S/C6H7N4O/c7-6(8)10(11)5-1-3-9-4-2-5/h1-4H,(H3,7,8)/q-1. The molecule has 0 spiro atoms. The molecule has 0 radical (unpaired) electrons. The molecule has 0 aliphatic heterocycles. The number of hydroxylamine groups is 1. The lowest BCUT2D eigenvalue weighted by Gasteiger charge is -2.27. The van der Waals surface area contributed by atoms with Crippen LogP contribution in [0.15, 0.2) is 24.5 Å². The molecule has 5 heteroatoms. The largest absolute Gasteiger partial charge is 0.752 e. The molecule has 1 rings (SSSR count). The third-order valence-corrected chi connectivity index (χ3v) is 1.12. The average molecular weight is 151 g/mol. The van der Waals surface area contributed by atoms with E-state index in [1.807, 2.05) is 0 Å². The normalized spacial score (nSPS) is 9.18. The van der Waals surface area contributed by atoms with Gasteiger partial charge in [0, 0.05) is 18.1 Å². The van der Waals surface area contributed by atoms with Gasteiger partial charge in [0.25, 0.3) is 0 Å². The van der Waals surface area contributed by atoms with Crippen molar-refractivity contribution < 1.29 is 0 Å². The molecule has 58 valence electrons. The van der Waals surface area contributed by atoms with Gasteiger partial charge in [0.1, 0.15) is 0 Å². The summed E-state index contributed by atoms with van der Waals surface area (Å²) in [4.78, 5) is 3.71. The third-order valence-electron chi connectivity index (χ3n) is 1.12. The number of guanidine groups is 1. The van der Waals surface area contributed by atoms with E-state index in [1.54, 1.807) is 0 Å². The van der Waals surface area contributed by atoms with Crippen LogP contribution >= 0.6 is 0 Å². The van der Waals surface area contributed by atoms with E-state index in [4.69, 9.17) is 11.1 Å². The average Bonchev–Trinajstić information content (AvgIpc) is 2.05. The number of rotatable bonds is 1. The number of nitrogens with two attached hydrogens (primary N) is 1. The van der Waals surface area contributed by atoms with E-state index in [-0.39, 0.29) is 0 Å². The van der Waals surface area contributed by atoms with E-state index in [0.29, 0.717) is 10.8 Å². The molecule has 0 bridgehead atoms. The number of hydrogen-bond donors (Lipinski definition) is 2. The second-order valence-corrected chi connectivity index (χ2v) is 1.89. The van der Waals surface area contributed by atoms with Crippen molar-refractivity contribution in [2.24, 2.45) is 5.73 Å². The highest BCUT2D eigenvalue weighted by Gasteiger charge is 1.94. The minimum atomic E-state index is -0.531. The zero-order valence-corrected chi connectivity index (χ0v) is 5.69. The lowest BCUT2D eigenvalue weighted by atomic mass is 10.4. The maximum atomic E-state index is 10.9. The summed E-state index contributed by atoms with van der Waals surface area (Å²) in [6, 6.07) is 2.96. The van der Waals surface area contributed by atoms with Crippen LogP contribution in [0.25, 0.3) is 0 Å². The molecule has 0 atom stereocenters. The summed E-state index contributed by atoms with van der Waals surface area (Å²) in [7, 11) is 0. The molecule has 0 fully saturated rings. The Morgan fingerprint density at radius 3 is 2.55 bits per heavy atom. The first kappa shape index (κ1) is 7.49. The summed E-state index contributed by atoms with van der Waals surface area (Å²) in [5, 5.41) is 18.0. The minimum Gasteiger partial charge on any atom is -0.752 e. The van der Waals surface area contributed by atoms with Gasteiger partial charge in [0.15, 0.2) is 5.96 Å². The van der Waals surface area contributed by atoms with Crippen LogP contribution in [0.5, 0.6) is 0 Å². The van der Waals surface area contributed by atoms with E-state index in [9.17, 15) is 5.21 Å². The first-order valence-corrected chi connectivity index (χ1v) is 2.93. The molecule has 0 saturated heterocycles. The fourth-order valence-electron chi connectivity index (χ4n) is 0.619. The molecule has 0 saturated carbocycles. The van der Waals surface area contributed by atoms with Gasteiger partial charge in [-0.1, -0.05) is 0 Å². The van der Waals surface area contributed by atoms with E-state index >= 15 is 0 Å². The Labute approximate surface area is 63.5 Å². The zero-order valence-electron chi connectivity index (χ0n) is 5.69. The van der Waals surface area contributed by atoms with Crippen LogP contribution in [0, 0.1) is 10.6 Å². The first-order valence-electron chi connectivity index (χ1n) is 2.93. The van der Waals surface area contributed by atoms with Crippen LogP contribution in [-0.4, -0.2) is 10.9 Å². The van der Waals surface area contributed by atoms with Gasteiger partial charge in [-0.3, -0.25) is 10.4 Å². The van der Waals surface area contributed by atoms with Gasteiger partial charge in [0.2, 0.25) is 0 Å². The van der Waals surface area contributed by atoms with Crippen molar-refractivity contribution in [1.29, 1.82) is 5.41 Å². The Morgan fingerprint density at radius 1 is 1.55 bits per heavy atom. The van der Waals surface area contributed by atoms with E-state index in [2.05, 4.69) is 4.98 Å². The molecule has 1 aromatic rings. The van der Waals surface area contributed by atoms with Crippen molar-refractivity contribution in [2.45, 2.75) is 0 Å². The van der Waals surface area contributed by atoms with Crippen LogP contribution in [0.2, 0.25) is 0 Å². The Morgan fingerprint density at radius 2 is 2.09 bits per heavy atom. The van der Waals surface area contributed by atoms with Crippen LogP contribution in [0.4, 0.5) is 5.69 Å². The van der Waals surface area contributed by atoms with E-state index in [0.717, 1.165) is 0 Å². The summed E-state index contributed by atoms with van der Waals surface area (Å²) >= 11 is 0. The molecular formula is C6H7N4O-. The second-order valence-electron chi connectivity index (χ2n) is 1.89. The quantitative estimate of drug-likeness (QED) is 0.342. The van der Waals surface area contributed by atoms with Gasteiger partial charge in [-0.25, -0.2) is 0 Å². The Balaban J connectivity index is 2.85. The second kappa shape index (κ2) is 2.98. The lowest BCUT2D eigenvalue weighted by Crippen LogP contribution is -2.30. The fourth-order valence-corrected chi connectivity index (χ4v) is 0.619. The molecule has 1 heterocycles. The van der Waals surface area contributed by atoms with Gasteiger partial charge in [0.05, 0.1) is 0 Å². The monoisotopic (exact) mass is 151 g/mol. The molecule has 11 heavy (non-hydrogen) atoms. The number of nitrogens with zero attached hydrogens (tertiary/aromatic N) is 2. The van der Waals surface area contributed by atoms with Gasteiger partial charge in [-0.05, 0) is 12.1 Å². The number of nitrogens with one attached hydrogen (secondary N) is 1. The summed E-state index contributed by atoms with van der Waals surface area (Å²) in [6.45, 7) is 0. The number of hydrogen-bond acceptors (Lipinski definition) is 3. The molecule has 0 aliphatic carbocycles. The molecule has 5 nitrogen and oxygen atoms in total. The molecule has 0 aliphatic rings. The van der Waals surface area contributed by atoms with Crippen molar-refractivity contribution in [3.8, 4) is 0 Å². The van der Waals surface area contributed by atoms with Gasteiger partial charge in [-0.2, -0.15) is 0 Å². The van der Waals surface area contributed by atoms with Gasteiger partial charge < -0.3 is 16.0 Å². The van der Waals surface area contributed by atoms with Crippen LogP contribution in [0.1, 0.15) is 0 Å². The lowest BCUT2D eigenvalue weighted by molar-refractivity contribution is 1.23.